The topological polar surface area (TPSA) is 20.2 Å². The molecule has 0 saturated heterocycles. The van der Waals surface area contributed by atoms with Gasteiger partial charge in [-0.05, 0) is 26.3 Å². The summed E-state index contributed by atoms with van der Waals surface area (Å²) in [6, 6.07) is 9.07. The van der Waals surface area contributed by atoms with Crippen molar-refractivity contribution in [3.63, 3.8) is 0 Å². The Labute approximate surface area is 132 Å². The molecule has 124 valence electrons. The molecule has 5 heteroatoms. The van der Waals surface area contributed by atoms with Gasteiger partial charge in [-0.3, -0.25) is 0 Å². The Morgan fingerprint density at radius 1 is 0.652 bits per heavy atom. The summed E-state index contributed by atoms with van der Waals surface area (Å²) in [6.45, 7) is 4.66. The van der Waals surface area contributed by atoms with E-state index in [2.05, 4.69) is 0 Å². The van der Waals surface area contributed by atoms with E-state index in [1.165, 1.54) is 38.1 Å². The van der Waals surface area contributed by atoms with Crippen molar-refractivity contribution in [2.75, 3.05) is 0 Å². The second kappa shape index (κ2) is 5.64. The summed E-state index contributed by atoms with van der Waals surface area (Å²) in [7, 11) is 0. The summed E-state index contributed by atoms with van der Waals surface area (Å²) in [5.41, 5.74) is -1.68. The Morgan fingerprint density at radius 3 is 1.30 bits per heavy atom. The fraction of sp³-hybridized carbons (Fsp3) is 0.333. The zero-order chi connectivity index (χ0) is 17.5. The lowest BCUT2D eigenvalue weighted by Gasteiger charge is -2.28. The van der Waals surface area contributed by atoms with Gasteiger partial charge in [0.2, 0.25) is 0 Å². The molecule has 0 aromatic heterocycles. The van der Waals surface area contributed by atoms with Crippen LogP contribution in [0.15, 0.2) is 48.5 Å². The first kappa shape index (κ1) is 17.5. The largest absolute Gasteiger partial charge is 0.386 e. The van der Waals surface area contributed by atoms with Crippen molar-refractivity contribution in [1.82, 2.24) is 0 Å². The van der Waals surface area contributed by atoms with Gasteiger partial charge in [0, 0.05) is 11.1 Å². The molecule has 23 heavy (non-hydrogen) atoms. The number of rotatable bonds is 4. The predicted octanol–water partition coefficient (Wildman–Crippen LogP) is 5.11. The lowest BCUT2D eigenvalue weighted by Crippen LogP contribution is -2.35. The fourth-order valence-corrected chi connectivity index (χ4v) is 2.21. The minimum absolute atomic E-state index is 0.371. The van der Waals surface area contributed by atoms with E-state index in [-0.39, 0.29) is 0 Å². The van der Waals surface area contributed by atoms with Crippen molar-refractivity contribution >= 4 is 0 Å². The highest BCUT2D eigenvalue weighted by Crippen LogP contribution is 2.49. The van der Waals surface area contributed by atoms with Crippen LogP contribution in [-0.4, -0.2) is 5.11 Å². The van der Waals surface area contributed by atoms with Crippen molar-refractivity contribution in [1.29, 1.82) is 0 Å². The van der Waals surface area contributed by atoms with Crippen LogP contribution in [-0.2, 0) is 17.4 Å². The molecular formula is C18H18F4O. The molecule has 1 nitrogen and oxygen atoms in total. The van der Waals surface area contributed by atoms with Crippen molar-refractivity contribution in [3.05, 3.63) is 70.8 Å². The maximum absolute atomic E-state index is 14.3. The van der Waals surface area contributed by atoms with Gasteiger partial charge in [-0.2, -0.15) is 17.6 Å². The Bertz CT molecular complexity index is 668. The number of benzene rings is 2. The molecule has 0 aliphatic rings. The molecule has 0 aliphatic heterocycles. The van der Waals surface area contributed by atoms with Gasteiger partial charge in [0.05, 0.1) is 5.60 Å². The quantitative estimate of drug-likeness (QED) is 0.775. The summed E-state index contributed by atoms with van der Waals surface area (Å²) < 4.78 is 57.2. The van der Waals surface area contributed by atoms with Gasteiger partial charge in [-0.1, -0.05) is 54.1 Å². The standard InChI is InChI=1S/C18H18F4O/c1-12-4-6-14(7-5-12)17(19,20)18(21,22)15-10-8-13(9-11-15)16(2,3)23/h4-11,23H,1-3H3. The van der Waals surface area contributed by atoms with Crippen LogP contribution < -0.4 is 0 Å². The van der Waals surface area contributed by atoms with Crippen LogP contribution >= 0.6 is 0 Å². The molecule has 0 aliphatic carbocycles. The predicted molar refractivity (Wildman–Crippen MR) is 80.7 cm³/mol. The van der Waals surface area contributed by atoms with Crippen LogP contribution in [0.3, 0.4) is 0 Å². The average molecular weight is 326 g/mol. The normalized spacial score (nSPS) is 13.2. The van der Waals surface area contributed by atoms with Gasteiger partial charge in [-0.15, -0.1) is 0 Å². The number of hydrogen-bond acceptors (Lipinski definition) is 1. The monoisotopic (exact) mass is 326 g/mol. The Morgan fingerprint density at radius 2 is 0.957 bits per heavy atom. The van der Waals surface area contributed by atoms with Crippen molar-refractivity contribution in [2.24, 2.45) is 0 Å². The van der Waals surface area contributed by atoms with Crippen molar-refractivity contribution in [2.45, 2.75) is 38.2 Å². The highest BCUT2D eigenvalue weighted by molar-refractivity contribution is 5.34. The third-order valence-electron chi connectivity index (χ3n) is 3.76. The molecule has 0 bridgehead atoms. The SMILES string of the molecule is Cc1ccc(C(F)(F)C(F)(F)c2ccc(C(C)(C)O)cc2)cc1. The van der Waals surface area contributed by atoms with E-state index in [4.69, 9.17) is 0 Å². The first-order chi connectivity index (χ1) is 10.5. The van der Waals surface area contributed by atoms with Crippen LogP contribution in [0.1, 0.15) is 36.1 Å². The molecule has 0 amide bonds. The summed E-state index contributed by atoms with van der Waals surface area (Å²) in [5, 5.41) is 9.81. The molecule has 0 heterocycles. The van der Waals surface area contributed by atoms with Gasteiger partial charge in [-0.25, -0.2) is 0 Å². The second-order valence-corrected chi connectivity index (χ2v) is 6.15. The van der Waals surface area contributed by atoms with Gasteiger partial charge in [0.25, 0.3) is 0 Å². The molecule has 0 unspecified atom stereocenters. The van der Waals surface area contributed by atoms with Crippen LogP contribution in [0.2, 0.25) is 0 Å². The van der Waals surface area contributed by atoms with Crippen LogP contribution in [0, 0.1) is 6.92 Å². The van der Waals surface area contributed by atoms with Gasteiger partial charge in [0.15, 0.2) is 0 Å². The molecule has 0 atom stereocenters. The van der Waals surface area contributed by atoms with Gasteiger partial charge >= 0.3 is 11.8 Å². The third-order valence-corrected chi connectivity index (χ3v) is 3.76. The number of alkyl halides is 4. The molecule has 0 saturated carbocycles. The first-order valence-corrected chi connectivity index (χ1v) is 7.12. The summed E-state index contributed by atoms with van der Waals surface area (Å²) >= 11 is 0. The molecular weight excluding hydrogens is 308 g/mol. The zero-order valence-electron chi connectivity index (χ0n) is 13.1. The maximum Gasteiger partial charge on any atom is 0.339 e. The van der Waals surface area contributed by atoms with Crippen LogP contribution in [0.4, 0.5) is 17.6 Å². The number of aliphatic hydroxyl groups is 1. The second-order valence-electron chi connectivity index (χ2n) is 6.15. The van der Waals surface area contributed by atoms with E-state index < -0.39 is 28.6 Å². The molecule has 0 spiro atoms. The molecule has 0 fully saturated rings. The lowest BCUT2D eigenvalue weighted by molar-refractivity contribution is -0.223. The highest BCUT2D eigenvalue weighted by Gasteiger charge is 2.58. The average Bonchev–Trinajstić information content (AvgIpc) is 2.46. The number of aryl methyl sites for hydroxylation is 1. The van der Waals surface area contributed by atoms with E-state index in [1.54, 1.807) is 6.92 Å². The summed E-state index contributed by atoms with van der Waals surface area (Å²) in [4.78, 5) is 0. The molecule has 1 N–H and O–H groups in total. The zero-order valence-corrected chi connectivity index (χ0v) is 13.1. The van der Waals surface area contributed by atoms with E-state index >= 15 is 0 Å². The highest BCUT2D eigenvalue weighted by atomic mass is 19.3. The lowest BCUT2D eigenvalue weighted by atomic mass is 9.92. The van der Waals surface area contributed by atoms with Crippen molar-refractivity contribution in [3.8, 4) is 0 Å². The maximum atomic E-state index is 14.3. The third kappa shape index (κ3) is 3.24. The molecule has 2 aromatic rings. The van der Waals surface area contributed by atoms with E-state index in [1.807, 2.05) is 0 Å². The van der Waals surface area contributed by atoms with Gasteiger partial charge in [0.1, 0.15) is 0 Å². The van der Waals surface area contributed by atoms with E-state index in [0.29, 0.717) is 11.1 Å². The Balaban J connectivity index is 2.41. The van der Waals surface area contributed by atoms with Crippen molar-refractivity contribution < 1.29 is 22.7 Å². The molecule has 2 rings (SSSR count). The fourth-order valence-electron chi connectivity index (χ4n) is 2.21. The number of halogens is 4. The van der Waals surface area contributed by atoms with Crippen LogP contribution in [0.25, 0.3) is 0 Å². The first-order valence-electron chi connectivity index (χ1n) is 7.12. The summed E-state index contributed by atoms with van der Waals surface area (Å²) in [6.07, 6.45) is 0. The summed E-state index contributed by atoms with van der Waals surface area (Å²) in [5.74, 6) is -8.70. The van der Waals surface area contributed by atoms with Gasteiger partial charge < -0.3 is 5.11 Å². The Hall–Kier alpha value is -1.88. The molecule has 2 aromatic carbocycles. The minimum atomic E-state index is -4.36. The number of hydrogen-bond donors (Lipinski definition) is 1. The Kier molecular flexibility index (Phi) is 4.28. The minimum Gasteiger partial charge on any atom is -0.386 e. The van der Waals surface area contributed by atoms with E-state index in [9.17, 15) is 22.7 Å². The molecule has 0 radical (unpaired) electrons. The van der Waals surface area contributed by atoms with Crippen LogP contribution in [0.5, 0.6) is 0 Å². The smallest absolute Gasteiger partial charge is 0.339 e. The van der Waals surface area contributed by atoms with E-state index in [0.717, 1.165) is 24.3 Å².